The van der Waals surface area contributed by atoms with E-state index in [9.17, 15) is 9.36 Å². The summed E-state index contributed by atoms with van der Waals surface area (Å²) in [6, 6.07) is 12.9. The number of rotatable bonds is 7. The molecule has 0 radical (unpaired) electrons. The summed E-state index contributed by atoms with van der Waals surface area (Å²) in [6.45, 7) is 6.08. The molecule has 0 bridgehead atoms. The van der Waals surface area contributed by atoms with E-state index in [0.29, 0.717) is 5.15 Å². The molecule has 0 aliphatic carbocycles. The molecule has 1 aliphatic rings. The van der Waals surface area contributed by atoms with E-state index in [-0.39, 0.29) is 37.0 Å². The van der Waals surface area contributed by atoms with Crippen molar-refractivity contribution >= 4 is 37.0 Å². The number of halogens is 1. The summed E-state index contributed by atoms with van der Waals surface area (Å²) in [5.74, 6) is -0.814. The number of carbonyl (C=O) groups is 1. The number of hydrogen-bond acceptors (Lipinski definition) is 9. The number of nitrogens with two attached hydrogens (primary N) is 1. The number of carbonyl (C=O) groups excluding carboxylic acids is 1. The molecule has 3 aromatic rings. The van der Waals surface area contributed by atoms with Gasteiger partial charge in [0.05, 0.1) is 13.2 Å². The molecule has 3 N–H and O–H groups in total. The molecule has 1 aromatic carbocycles. The molecule has 186 valence electrons. The second-order valence-corrected chi connectivity index (χ2v) is 10.9. The smallest absolute Gasteiger partial charge is 0.457 e. The Balaban J connectivity index is 1.70. The van der Waals surface area contributed by atoms with Crippen LogP contribution in [0.2, 0.25) is 5.15 Å². The van der Waals surface area contributed by atoms with Crippen LogP contribution in [-0.4, -0.2) is 33.7 Å². The molecule has 2 aromatic heterocycles. The first-order valence-corrected chi connectivity index (χ1v) is 12.9. The van der Waals surface area contributed by atoms with Crippen molar-refractivity contribution in [3.8, 4) is 0 Å². The van der Waals surface area contributed by atoms with Gasteiger partial charge in [0.1, 0.15) is 22.6 Å². The number of esters is 1. The van der Waals surface area contributed by atoms with E-state index in [2.05, 4.69) is 15.4 Å². The van der Waals surface area contributed by atoms with Crippen LogP contribution < -0.4 is 11.1 Å². The monoisotopic (exact) mass is 519 g/mol. The molecule has 0 amide bonds. The number of benzene rings is 1. The zero-order valence-electron chi connectivity index (χ0n) is 19.6. The lowest BCUT2D eigenvalue weighted by molar-refractivity contribution is -0.0304. The van der Waals surface area contributed by atoms with Crippen LogP contribution in [0, 0.1) is 5.41 Å². The van der Waals surface area contributed by atoms with E-state index in [1.807, 2.05) is 44.2 Å². The molecule has 35 heavy (non-hydrogen) atoms. The number of pyridine rings is 1. The van der Waals surface area contributed by atoms with Gasteiger partial charge in [0.25, 0.3) is 0 Å². The Hall–Kier alpha value is -2.91. The average Bonchev–Trinajstić information content (AvgIpc) is 3.18. The third-order valence-electron chi connectivity index (χ3n) is 5.51. The fraction of sp³-hybridized carbons (Fsp3) is 0.348. The lowest BCUT2D eigenvalue weighted by Crippen LogP contribution is -2.34. The zero-order valence-corrected chi connectivity index (χ0v) is 21.3. The van der Waals surface area contributed by atoms with Crippen molar-refractivity contribution in [2.24, 2.45) is 5.41 Å². The van der Waals surface area contributed by atoms with E-state index in [4.69, 9.17) is 31.1 Å². The number of hydrogen-bond donors (Lipinski definition) is 2. The molecule has 3 heterocycles. The van der Waals surface area contributed by atoms with Crippen LogP contribution in [0.15, 0.2) is 48.7 Å². The third-order valence-corrected chi connectivity index (χ3v) is 7.44. The first kappa shape index (κ1) is 25.2. The van der Waals surface area contributed by atoms with Crippen molar-refractivity contribution in [3.05, 3.63) is 70.5 Å². The molecule has 1 fully saturated rings. The molecule has 1 aliphatic heterocycles. The van der Waals surface area contributed by atoms with Crippen LogP contribution in [0.25, 0.3) is 0 Å². The van der Waals surface area contributed by atoms with E-state index >= 15 is 0 Å². The van der Waals surface area contributed by atoms with Crippen LogP contribution in [0.5, 0.6) is 0 Å². The number of ether oxygens (including phenoxy) is 1. The highest BCUT2D eigenvalue weighted by Gasteiger charge is 2.48. The van der Waals surface area contributed by atoms with E-state index in [0.717, 1.165) is 15.6 Å². The minimum Gasteiger partial charge on any atom is -0.462 e. The highest BCUT2D eigenvalue weighted by atomic mass is 35.5. The number of nitrogen functional groups attached to an aromatic ring is 1. The van der Waals surface area contributed by atoms with Crippen LogP contribution in [-0.2, 0) is 24.9 Å². The van der Waals surface area contributed by atoms with E-state index in [1.54, 1.807) is 25.3 Å². The quantitative estimate of drug-likeness (QED) is 0.249. The van der Waals surface area contributed by atoms with Crippen molar-refractivity contribution < 1.29 is 23.1 Å². The Morgan fingerprint density at radius 3 is 2.71 bits per heavy atom. The Morgan fingerprint density at radius 1 is 1.31 bits per heavy atom. The summed E-state index contributed by atoms with van der Waals surface area (Å²) >= 11 is 5.85. The van der Waals surface area contributed by atoms with Gasteiger partial charge in [-0.2, -0.15) is 0 Å². The molecule has 0 unspecified atom stereocenters. The minimum absolute atomic E-state index is 0.0581. The highest BCUT2D eigenvalue weighted by Crippen LogP contribution is 2.62. The van der Waals surface area contributed by atoms with Crippen LogP contribution >= 0.6 is 19.3 Å². The zero-order chi connectivity index (χ0) is 25.2. The second-order valence-electron chi connectivity index (χ2n) is 8.69. The molecular weight excluding hydrogens is 493 g/mol. The summed E-state index contributed by atoms with van der Waals surface area (Å²) < 4.78 is 31.9. The van der Waals surface area contributed by atoms with Gasteiger partial charge in [0.2, 0.25) is 0 Å². The number of aromatic nitrogens is 3. The van der Waals surface area contributed by atoms with Gasteiger partial charge in [-0.05, 0) is 24.1 Å². The van der Waals surface area contributed by atoms with Crippen molar-refractivity contribution in [2.75, 3.05) is 24.3 Å². The third kappa shape index (κ3) is 5.21. The highest BCUT2D eigenvalue weighted by molar-refractivity contribution is 7.52. The molecule has 12 heteroatoms. The molecule has 1 saturated heterocycles. The molecular formula is C23H27ClN5O5P. The molecule has 0 spiro atoms. The Bertz CT molecular complexity index is 1250. The number of nitrogens with one attached hydrogen (secondary N) is 1. The van der Waals surface area contributed by atoms with Gasteiger partial charge in [-0.1, -0.05) is 61.8 Å². The summed E-state index contributed by atoms with van der Waals surface area (Å²) in [5.41, 5.74) is 7.37. The molecule has 0 saturated carbocycles. The van der Waals surface area contributed by atoms with Crippen molar-refractivity contribution in [2.45, 2.75) is 33.4 Å². The van der Waals surface area contributed by atoms with Crippen LogP contribution in [0.4, 0.5) is 11.6 Å². The Labute approximate surface area is 208 Å². The fourth-order valence-electron chi connectivity index (χ4n) is 3.70. The van der Waals surface area contributed by atoms with Gasteiger partial charge in [0, 0.05) is 18.2 Å². The van der Waals surface area contributed by atoms with Gasteiger partial charge < -0.3 is 15.8 Å². The first-order valence-electron chi connectivity index (χ1n) is 11.0. The topological polar surface area (TPSA) is 131 Å². The number of nitrogens with zero attached hydrogens (tertiary/aromatic N) is 3. The van der Waals surface area contributed by atoms with Gasteiger partial charge >= 0.3 is 13.7 Å². The molecule has 10 nitrogen and oxygen atoms in total. The summed E-state index contributed by atoms with van der Waals surface area (Å²) in [7, 11) is -4.07. The fourth-order valence-corrected chi connectivity index (χ4v) is 5.80. The van der Waals surface area contributed by atoms with Crippen molar-refractivity contribution in [1.29, 1.82) is 0 Å². The average molecular weight is 520 g/mol. The maximum Gasteiger partial charge on any atom is 0.457 e. The van der Waals surface area contributed by atoms with Crippen LogP contribution in [0.3, 0.4) is 0 Å². The van der Waals surface area contributed by atoms with Crippen molar-refractivity contribution in [1.82, 2.24) is 14.5 Å². The standard InChI is InChI=1S/C23H27ClN5O5P/c1-4-32-22(30)18-20(25)29(28-21(18)27-13-15-10-11-17(24)26-12-15)35(31)33-14-23(2,3)19(34-35)16-8-6-5-7-9-16/h5-12,19H,4,13-14,25H2,1-3H3,(H,27,28)/t19-,35-/m0/s1. The SMILES string of the molecule is CCOC(=O)c1c(NCc2ccc(Cl)nc2)nn([P@]2(=O)OCC(C)(C)[C@H](c3ccccc3)O2)c1N. The molecule has 4 rings (SSSR count). The largest absolute Gasteiger partial charge is 0.462 e. The van der Waals surface area contributed by atoms with Crippen molar-refractivity contribution in [3.63, 3.8) is 0 Å². The maximum absolute atomic E-state index is 14.0. The lowest BCUT2D eigenvalue weighted by atomic mass is 9.83. The minimum atomic E-state index is -4.07. The van der Waals surface area contributed by atoms with E-state index in [1.165, 1.54) is 0 Å². The number of anilines is 2. The van der Waals surface area contributed by atoms with Gasteiger partial charge in [-0.3, -0.25) is 9.05 Å². The predicted octanol–water partition coefficient (Wildman–Crippen LogP) is 5.07. The Kier molecular flexibility index (Phi) is 7.19. The molecule has 2 atom stereocenters. The predicted molar refractivity (Wildman–Crippen MR) is 132 cm³/mol. The lowest BCUT2D eigenvalue weighted by Gasteiger charge is -2.41. The van der Waals surface area contributed by atoms with Gasteiger partial charge in [0.15, 0.2) is 5.82 Å². The normalized spacial score (nSPS) is 21.4. The second kappa shape index (κ2) is 9.99. The first-order chi connectivity index (χ1) is 16.6. The summed E-state index contributed by atoms with van der Waals surface area (Å²) in [5, 5.41) is 7.73. The van der Waals surface area contributed by atoms with Crippen LogP contribution in [0.1, 0.15) is 48.4 Å². The summed E-state index contributed by atoms with van der Waals surface area (Å²) in [4.78, 5) is 16.8. The maximum atomic E-state index is 14.0. The Morgan fingerprint density at radius 2 is 2.06 bits per heavy atom. The van der Waals surface area contributed by atoms with Gasteiger partial charge in [-0.25, -0.2) is 14.3 Å². The van der Waals surface area contributed by atoms with Gasteiger partial charge in [-0.15, -0.1) is 9.55 Å². The van der Waals surface area contributed by atoms with E-state index < -0.39 is 25.2 Å². The summed E-state index contributed by atoms with van der Waals surface area (Å²) in [6.07, 6.45) is 1.02.